The summed E-state index contributed by atoms with van der Waals surface area (Å²) in [4.78, 5) is 13.3. The van der Waals surface area contributed by atoms with Gasteiger partial charge >= 0.3 is 6.18 Å². The van der Waals surface area contributed by atoms with Crippen LogP contribution in [0.1, 0.15) is 39.0 Å². The minimum Gasteiger partial charge on any atom is -0.368 e. The van der Waals surface area contributed by atoms with Crippen molar-refractivity contribution in [3.8, 4) is 11.1 Å². The van der Waals surface area contributed by atoms with Crippen molar-refractivity contribution in [2.75, 3.05) is 0 Å². The molecule has 0 spiro atoms. The van der Waals surface area contributed by atoms with Crippen LogP contribution in [0.4, 0.5) is 13.2 Å². The summed E-state index contributed by atoms with van der Waals surface area (Å²) in [6.45, 7) is 1.39. The maximum Gasteiger partial charge on any atom is 0.416 e. The summed E-state index contributed by atoms with van der Waals surface area (Å²) in [5.41, 5.74) is 4.26. The summed E-state index contributed by atoms with van der Waals surface area (Å²) >= 11 is 0. The molecule has 2 nitrogen and oxygen atoms in total. The van der Waals surface area contributed by atoms with E-state index in [9.17, 15) is 18.0 Å². The number of benzene rings is 3. The van der Waals surface area contributed by atoms with Gasteiger partial charge in [0.05, 0.1) is 5.56 Å². The van der Waals surface area contributed by atoms with Gasteiger partial charge in [0.2, 0.25) is 0 Å². The number of rotatable bonds is 2. The van der Waals surface area contributed by atoms with Crippen LogP contribution in [0.25, 0.3) is 23.3 Å². The number of nitrogens with one attached hydrogen (secondary N) is 1. The molecule has 3 aliphatic rings. The van der Waals surface area contributed by atoms with Crippen LogP contribution in [0.5, 0.6) is 0 Å². The summed E-state index contributed by atoms with van der Waals surface area (Å²) in [5, 5.41) is 5.11. The van der Waals surface area contributed by atoms with E-state index >= 15 is 0 Å². The Hall–Kier alpha value is -4.12. The molecule has 0 saturated heterocycles. The molecule has 0 bridgehead atoms. The van der Waals surface area contributed by atoms with Crippen molar-refractivity contribution in [3.63, 3.8) is 0 Å². The van der Waals surface area contributed by atoms with Gasteiger partial charge in [-0.2, -0.15) is 13.2 Å². The Morgan fingerprint density at radius 2 is 1.61 bits per heavy atom. The first-order chi connectivity index (χ1) is 18.3. The van der Waals surface area contributed by atoms with Gasteiger partial charge in [-0.25, -0.2) is 0 Å². The summed E-state index contributed by atoms with van der Waals surface area (Å²) in [6.07, 6.45) is 13.5. The molecule has 3 aromatic rings. The second-order valence-corrected chi connectivity index (χ2v) is 9.59. The van der Waals surface area contributed by atoms with Gasteiger partial charge in [-0.15, -0.1) is 0 Å². The van der Waals surface area contributed by atoms with Crippen molar-refractivity contribution in [1.29, 1.82) is 0 Å². The number of carbonyl (C=O) groups is 1. The second-order valence-electron chi connectivity index (χ2n) is 9.59. The standard InChI is InChI=1S/C27H21F3O.C6H7N/c1-16-20(7-4-8-25(16)27(28,29)30)26(31)19-10-9-18-12-13-22-21-6-3-2-5-17(21)11-14-23(22)24(18)15-19;1-2-4-6-7-5-3-1/h2-8,12-15,19H,9-11H2,1H3;1-7H. The first-order valence-electron chi connectivity index (χ1n) is 12.7. The van der Waals surface area contributed by atoms with E-state index < -0.39 is 17.7 Å². The molecule has 1 unspecified atom stereocenters. The fraction of sp³-hybridized carbons (Fsp3) is 0.182. The van der Waals surface area contributed by atoms with Gasteiger partial charge in [0.1, 0.15) is 0 Å². The molecule has 0 fully saturated rings. The third kappa shape index (κ3) is 5.14. The predicted molar refractivity (Wildman–Crippen MR) is 147 cm³/mol. The van der Waals surface area contributed by atoms with Gasteiger partial charge in [0.15, 0.2) is 5.78 Å². The lowest BCUT2D eigenvalue weighted by Crippen LogP contribution is -2.37. The molecule has 38 heavy (non-hydrogen) atoms. The van der Waals surface area contributed by atoms with E-state index in [1.54, 1.807) is 0 Å². The van der Waals surface area contributed by atoms with E-state index in [1.165, 1.54) is 35.7 Å². The minimum atomic E-state index is -4.47. The molecule has 1 N–H and O–H groups in total. The van der Waals surface area contributed by atoms with Gasteiger partial charge in [-0.3, -0.25) is 4.79 Å². The number of hydrogen-bond donors (Lipinski definition) is 1. The summed E-state index contributed by atoms with van der Waals surface area (Å²) in [7, 11) is 0. The molecule has 3 aromatic carbocycles. The highest BCUT2D eigenvalue weighted by Gasteiger charge is 2.34. The zero-order chi connectivity index (χ0) is 26.7. The molecule has 0 saturated carbocycles. The normalized spacial score (nSPS) is 16.8. The zero-order valence-electron chi connectivity index (χ0n) is 21.1. The molecule has 192 valence electrons. The fourth-order valence-corrected chi connectivity index (χ4v) is 5.34. The van der Waals surface area contributed by atoms with Gasteiger partial charge in [0.25, 0.3) is 0 Å². The van der Waals surface area contributed by atoms with Crippen molar-refractivity contribution < 1.29 is 18.0 Å². The Bertz CT molecular complexity index is 1580. The van der Waals surface area contributed by atoms with Crippen LogP contribution in [-0.4, -0.2) is 5.78 Å². The fourth-order valence-electron chi connectivity index (χ4n) is 5.34. The van der Waals surface area contributed by atoms with Gasteiger partial charge in [0, 0.05) is 23.9 Å². The van der Waals surface area contributed by atoms with Crippen LogP contribution in [0, 0.1) is 12.8 Å². The Labute approximate surface area is 220 Å². The highest BCUT2D eigenvalue weighted by molar-refractivity contribution is 6.02. The Balaban J connectivity index is 0.000000366. The van der Waals surface area contributed by atoms with Crippen LogP contribution in [0.2, 0.25) is 0 Å². The summed E-state index contributed by atoms with van der Waals surface area (Å²) in [5.74, 6) is -0.658. The molecule has 0 radical (unpaired) electrons. The Morgan fingerprint density at radius 3 is 2.37 bits per heavy atom. The van der Waals surface area contributed by atoms with E-state index in [0.29, 0.717) is 6.42 Å². The van der Waals surface area contributed by atoms with Crippen molar-refractivity contribution in [3.05, 3.63) is 130 Å². The Morgan fingerprint density at radius 1 is 0.842 bits per heavy atom. The topological polar surface area (TPSA) is 29.1 Å². The third-order valence-corrected chi connectivity index (χ3v) is 7.26. The van der Waals surface area contributed by atoms with E-state index in [2.05, 4.69) is 35.7 Å². The number of allylic oxidation sites excluding steroid dienone is 4. The number of carbonyl (C=O) groups excluding carboxylic acids is 1. The molecule has 0 amide bonds. The van der Waals surface area contributed by atoms with Crippen molar-refractivity contribution in [2.45, 2.75) is 32.4 Å². The van der Waals surface area contributed by atoms with Crippen molar-refractivity contribution >= 4 is 17.9 Å². The maximum absolute atomic E-state index is 13.3. The summed E-state index contributed by atoms with van der Waals surface area (Å²) in [6, 6.07) is 16.5. The molecule has 0 aromatic heterocycles. The number of alkyl halides is 3. The number of aryl methyl sites for hydroxylation is 1. The molecule has 6 rings (SSSR count). The lowest BCUT2D eigenvalue weighted by molar-refractivity contribution is -0.138. The Kier molecular flexibility index (Phi) is 7.19. The first-order valence-corrected chi connectivity index (χ1v) is 12.7. The summed E-state index contributed by atoms with van der Waals surface area (Å²) < 4.78 is 40.0. The molecular weight excluding hydrogens is 483 g/mol. The van der Waals surface area contributed by atoms with Gasteiger partial charge < -0.3 is 5.32 Å². The molecular formula is C33H28F3NO. The van der Waals surface area contributed by atoms with E-state index in [-0.39, 0.29) is 16.9 Å². The predicted octanol–water partition coefficient (Wildman–Crippen LogP) is 6.42. The highest BCUT2D eigenvalue weighted by atomic mass is 19.4. The van der Waals surface area contributed by atoms with Crippen molar-refractivity contribution in [2.24, 2.45) is 5.92 Å². The van der Waals surface area contributed by atoms with Crippen LogP contribution in [0.3, 0.4) is 0 Å². The van der Waals surface area contributed by atoms with Crippen LogP contribution < -0.4 is 15.8 Å². The molecule has 2 aliphatic carbocycles. The molecule has 5 heteroatoms. The van der Waals surface area contributed by atoms with E-state index in [1.807, 2.05) is 54.9 Å². The third-order valence-electron chi connectivity index (χ3n) is 7.26. The average molecular weight is 512 g/mol. The lowest BCUT2D eigenvalue weighted by Gasteiger charge is -2.22. The van der Waals surface area contributed by atoms with Crippen LogP contribution in [-0.2, 0) is 19.0 Å². The zero-order valence-corrected chi connectivity index (χ0v) is 21.1. The number of ketones is 1. The monoisotopic (exact) mass is 511 g/mol. The smallest absolute Gasteiger partial charge is 0.368 e. The quantitative estimate of drug-likeness (QED) is 0.403. The van der Waals surface area contributed by atoms with E-state index in [4.69, 9.17) is 0 Å². The number of fused-ring (bicyclic) bond motifs is 5. The maximum atomic E-state index is 13.3. The molecule has 1 heterocycles. The van der Waals surface area contributed by atoms with Gasteiger partial charge in [-0.1, -0.05) is 72.8 Å². The number of halogens is 3. The largest absolute Gasteiger partial charge is 0.416 e. The number of Topliss-reactive ketones (excluding diaryl/α,β-unsaturated/α-hetero) is 1. The minimum absolute atomic E-state index is 0.00905. The SMILES string of the molecule is C1=CC=CNC=C1.Cc1c(C(=O)C2C=c3c(ccc4c3=CCc3ccccc3-4)CC2)cccc1C(F)(F)F. The lowest BCUT2D eigenvalue weighted by atomic mass is 9.81. The molecule has 1 aliphatic heterocycles. The van der Waals surface area contributed by atoms with E-state index in [0.717, 1.165) is 34.9 Å². The van der Waals surface area contributed by atoms with Gasteiger partial charge in [-0.05, 0) is 82.7 Å². The van der Waals surface area contributed by atoms with Crippen LogP contribution >= 0.6 is 0 Å². The second kappa shape index (κ2) is 10.7. The van der Waals surface area contributed by atoms with Crippen LogP contribution in [0.15, 0.2) is 91.3 Å². The number of hydrogen-bond acceptors (Lipinski definition) is 2. The van der Waals surface area contributed by atoms with Crippen molar-refractivity contribution in [1.82, 2.24) is 5.32 Å². The highest BCUT2D eigenvalue weighted by Crippen LogP contribution is 2.34. The first kappa shape index (κ1) is 25.5. The average Bonchev–Trinajstić information content (AvgIpc) is 3.25. The molecule has 1 atom stereocenters.